The van der Waals surface area contributed by atoms with Gasteiger partial charge in [0.1, 0.15) is 5.75 Å². The van der Waals surface area contributed by atoms with Crippen LogP contribution in [0.4, 0.5) is 0 Å². The summed E-state index contributed by atoms with van der Waals surface area (Å²) in [5.74, 6) is 0.958. The van der Waals surface area contributed by atoms with Crippen molar-refractivity contribution in [1.29, 1.82) is 0 Å². The minimum absolute atomic E-state index is 0.110. The molecule has 0 aliphatic heterocycles. The van der Waals surface area contributed by atoms with E-state index in [4.69, 9.17) is 4.74 Å². The van der Waals surface area contributed by atoms with Gasteiger partial charge in [0, 0.05) is 18.5 Å². The lowest BCUT2D eigenvalue weighted by Crippen LogP contribution is -2.37. The predicted octanol–water partition coefficient (Wildman–Crippen LogP) is 3.35. The van der Waals surface area contributed by atoms with E-state index < -0.39 is 0 Å². The second kappa shape index (κ2) is 8.11. The minimum atomic E-state index is 0.110. The van der Waals surface area contributed by atoms with Crippen molar-refractivity contribution in [3.8, 4) is 5.75 Å². The van der Waals surface area contributed by atoms with Gasteiger partial charge in [0.25, 0.3) is 0 Å². The molecular formula is C18H24N2O2S. The summed E-state index contributed by atoms with van der Waals surface area (Å²) in [7, 11) is 3.52. The first kappa shape index (κ1) is 17.5. The van der Waals surface area contributed by atoms with Gasteiger partial charge in [-0.3, -0.25) is 4.79 Å². The Hall–Kier alpha value is -1.88. The Balaban J connectivity index is 1.92. The van der Waals surface area contributed by atoms with Crippen LogP contribution < -0.4 is 4.74 Å². The van der Waals surface area contributed by atoms with E-state index in [1.807, 2.05) is 41.6 Å². The summed E-state index contributed by atoms with van der Waals surface area (Å²) in [5.41, 5.74) is 2.07. The summed E-state index contributed by atoms with van der Waals surface area (Å²) in [6.45, 7) is 4.15. The molecule has 4 nitrogen and oxygen atoms in total. The monoisotopic (exact) mass is 332 g/mol. The average Bonchev–Trinajstić information content (AvgIpc) is 3.02. The van der Waals surface area contributed by atoms with Gasteiger partial charge in [-0.1, -0.05) is 19.1 Å². The van der Waals surface area contributed by atoms with Crippen LogP contribution in [0.25, 0.3) is 0 Å². The molecule has 0 aliphatic carbocycles. The first-order valence-electron chi connectivity index (χ1n) is 7.85. The van der Waals surface area contributed by atoms with E-state index >= 15 is 0 Å². The van der Waals surface area contributed by atoms with Crippen LogP contribution in [-0.4, -0.2) is 36.0 Å². The third-order valence-corrected chi connectivity index (χ3v) is 5.02. The second-order valence-electron chi connectivity index (χ2n) is 5.67. The Bertz CT molecular complexity index is 637. The quantitative estimate of drug-likeness (QED) is 0.781. The zero-order chi connectivity index (χ0) is 16.8. The number of aryl methyl sites for hydroxylation is 1. The van der Waals surface area contributed by atoms with Gasteiger partial charge in [0.05, 0.1) is 24.2 Å². The van der Waals surface area contributed by atoms with Crippen LogP contribution in [0.5, 0.6) is 5.75 Å². The number of carbonyl (C=O) groups is 1. The van der Waals surface area contributed by atoms with Crippen molar-refractivity contribution < 1.29 is 9.53 Å². The second-order valence-corrected chi connectivity index (χ2v) is 6.61. The van der Waals surface area contributed by atoms with Crippen molar-refractivity contribution in [1.82, 2.24) is 9.88 Å². The predicted molar refractivity (Wildman–Crippen MR) is 94.1 cm³/mol. The van der Waals surface area contributed by atoms with E-state index in [0.717, 1.165) is 29.3 Å². The summed E-state index contributed by atoms with van der Waals surface area (Å²) < 4.78 is 5.17. The zero-order valence-corrected chi connectivity index (χ0v) is 15.0. The van der Waals surface area contributed by atoms with E-state index in [9.17, 15) is 4.79 Å². The maximum atomic E-state index is 12.4. The van der Waals surface area contributed by atoms with E-state index in [0.29, 0.717) is 6.42 Å². The number of nitrogens with zero attached hydrogens (tertiary/aromatic N) is 2. The highest BCUT2D eigenvalue weighted by Crippen LogP contribution is 2.15. The Kier molecular flexibility index (Phi) is 6.16. The molecule has 0 unspecified atom stereocenters. The fourth-order valence-corrected chi connectivity index (χ4v) is 3.10. The molecule has 124 valence electrons. The molecule has 1 aromatic heterocycles. The van der Waals surface area contributed by atoms with Gasteiger partial charge in [-0.25, -0.2) is 4.98 Å². The van der Waals surface area contributed by atoms with Crippen molar-refractivity contribution in [3.05, 3.63) is 45.9 Å². The van der Waals surface area contributed by atoms with Gasteiger partial charge in [-0.05, 0) is 37.5 Å². The Labute approximate surface area is 142 Å². The van der Waals surface area contributed by atoms with Gasteiger partial charge >= 0.3 is 0 Å². The van der Waals surface area contributed by atoms with E-state index in [-0.39, 0.29) is 11.9 Å². The number of carbonyl (C=O) groups excluding carboxylic acids is 1. The molecule has 0 saturated heterocycles. The smallest absolute Gasteiger partial charge is 0.228 e. The fraction of sp³-hybridized carbons (Fsp3) is 0.444. The van der Waals surface area contributed by atoms with Crippen molar-refractivity contribution in [3.63, 3.8) is 0 Å². The van der Waals surface area contributed by atoms with E-state index in [1.165, 1.54) is 5.56 Å². The third kappa shape index (κ3) is 4.79. The number of hydrogen-bond acceptors (Lipinski definition) is 4. The number of amides is 1. The molecule has 0 fully saturated rings. The van der Waals surface area contributed by atoms with Crippen molar-refractivity contribution in [2.75, 3.05) is 14.2 Å². The lowest BCUT2D eigenvalue weighted by atomic mass is 10.1. The van der Waals surface area contributed by atoms with Crippen LogP contribution in [0.2, 0.25) is 0 Å². The van der Waals surface area contributed by atoms with Crippen LogP contribution >= 0.6 is 11.3 Å². The largest absolute Gasteiger partial charge is 0.497 e. The standard InChI is InChI=1S/C18H24N2O2S/c1-5-17-19-15(12-23-17)11-18(21)20(3)13(2)10-14-6-8-16(22-4)9-7-14/h6-9,12-13H,5,10-11H2,1-4H3/t13-/m0/s1. The van der Waals surface area contributed by atoms with Crippen LogP contribution in [0.15, 0.2) is 29.6 Å². The van der Waals surface area contributed by atoms with Crippen LogP contribution in [0, 0.1) is 0 Å². The van der Waals surface area contributed by atoms with Gasteiger partial charge in [-0.2, -0.15) is 0 Å². The molecule has 2 rings (SSSR count). The van der Waals surface area contributed by atoms with Crippen LogP contribution in [-0.2, 0) is 24.1 Å². The normalized spacial score (nSPS) is 12.0. The molecule has 23 heavy (non-hydrogen) atoms. The van der Waals surface area contributed by atoms with Crippen molar-refractivity contribution in [2.24, 2.45) is 0 Å². The molecule has 0 bridgehead atoms. The molecule has 0 saturated carbocycles. The summed E-state index contributed by atoms with van der Waals surface area (Å²) >= 11 is 1.62. The SMILES string of the molecule is CCc1nc(CC(=O)N(C)[C@@H](C)Cc2ccc(OC)cc2)cs1. The molecular weight excluding hydrogens is 308 g/mol. The Morgan fingerprint density at radius 2 is 2.04 bits per heavy atom. The molecule has 5 heteroatoms. The lowest BCUT2D eigenvalue weighted by molar-refractivity contribution is -0.130. The number of hydrogen-bond donors (Lipinski definition) is 0. The van der Waals surface area contributed by atoms with Gasteiger partial charge in [0.2, 0.25) is 5.91 Å². The van der Waals surface area contributed by atoms with Gasteiger partial charge in [0.15, 0.2) is 0 Å². The lowest BCUT2D eigenvalue weighted by Gasteiger charge is -2.25. The molecule has 0 spiro atoms. The number of thiazole rings is 1. The minimum Gasteiger partial charge on any atom is -0.497 e. The maximum Gasteiger partial charge on any atom is 0.228 e. The highest BCUT2D eigenvalue weighted by molar-refractivity contribution is 7.09. The summed E-state index contributed by atoms with van der Waals surface area (Å²) in [4.78, 5) is 18.7. The topological polar surface area (TPSA) is 42.4 Å². The number of rotatable bonds is 7. The number of ether oxygens (including phenoxy) is 1. The summed E-state index contributed by atoms with van der Waals surface area (Å²) in [6.07, 6.45) is 2.12. The highest BCUT2D eigenvalue weighted by atomic mass is 32.1. The number of likely N-dealkylation sites (N-methyl/N-ethyl adjacent to an activating group) is 1. The number of methoxy groups -OCH3 is 1. The van der Waals surface area contributed by atoms with Crippen LogP contribution in [0.1, 0.15) is 30.1 Å². The molecule has 2 aromatic rings. The molecule has 0 aliphatic rings. The Morgan fingerprint density at radius 3 is 2.61 bits per heavy atom. The molecule has 1 atom stereocenters. The number of benzene rings is 1. The van der Waals surface area contributed by atoms with E-state index in [1.54, 1.807) is 18.4 Å². The van der Waals surface area contributed by atoms with Crippen molar-refractivity contribution in [2.45, 2.75) is 39.2 Å². The molecule has 1 amide bonds. The zero-order valence-electron chi connectivity index (χ0n) is 14.2. The molecule has 0 radical (unpaired) electrons. The van der Waals surface area contributed by atoms with Gasteiger partial charge < -0.3 is 9.64 Å². The van der Waals surface area contributed by atoms with Crippen molar-refractivity contribution >= 4 is 17.2 Å². The van der Waals surface area contributed by atoms with Crippen LogP contribution in [0.3, 0.4) is 0 Å². The fourth-order valence-electron chi connectivity index (χ4n) is 2.36. The first-order chi connectivity index (χ1) is 11.0. The third-order valence-electron chi connectivity index (χ3n) is 3.98. The Morgan fingerprint density at radius 1 is 1.35 bits per heavy atom. The average molecular weight is 332 g/mol. The molecule has 1 aromatic carbocycles. The summed E-state index contributed by atoms with van der Waals surface area (Å²) in [6, 6.07) is 8.13. The molecule has 0 N–H and O–H groups in total. The maximum absolute atomic E-state index is 12.4. The highest BCUT2D eigenvalue weighted by Gasteiger charge is 2.17. The number of aromatic nitrogens is 1. The molecule has 1 heterocycles. The first-order valence-corrected chi connectivity index (χ1v) is 8.73. The van der Waals surface area contributed by atoms with Gasteiger partial charge in [-0.15, -0.1) is 11.3 Å². The summed E-state index contributed by atoms with van der Waals surface area (Å²) in [5, 5.41) is 3.07. The van der Waals surface area contributed by atoms with E-state index in [2.05, 4.69) is 18.8 Å².